The van der Waals surface area contributed by atoms with Crippen LogP contribution in [0.2, 0.25) is 0 Å². The molecule has 0 aliphatic carbocycles. The van der Waals surface area contributed by atoms with E-state index in [1.807, 2.05) is 39.0 Å². The van der Waals surface area contributed by atoms with E-state index in [4.69, 9.17) is 4.74 Å². The Morgan fingerprint density at radius 1 is 1.25 bits per heavy atom. The van der Waals surface area contributed by atoms with Crippen LogP contribution in [-0.2, 0) is 30.8 Å². The Kier molecular flexibility index (Phi) is 4.80. The number of rotatable bonds is 3. The summed E-state index contributed by atoms with van der Waals surface area (Å²) in [5.74, 6) is -1.20. The maximum Gasteiger partial charge on any atom is 0.330 e. The minimum Gasteiger partial charge on any atom is -0.459 e. The van der Waals surface area contributed by atoms with Gasteiger partial charge in [0, 0.05) is 0 Å². The third kappa shape index (κ3) is 3.19. The predicted molar refractivity (Wildman–Crippen MR) is 105 cm³/mol. The number of carbonyl (C=O) groups excluding carboxylic acids is 2. The SMILES string of the molecule is CC(C)(C)C=C=C1C(=O)N2[C@@H](C(=O)OCc3ccccc3)C(C)(C)S(=O)(=O)[C@H]12. The first-order valence-corrected chi connectivity index (χ1v) is 10.7. The zero-order valence-electron chi connectivity index (χ0n) is 16.7. The number of benzene rings is 1. The number of ether oxygens (including phenoxy) is 1. The highest BCUT2D eigenvalue weighted by molar-refractivity contribution is 7.94. The summed E-state index contributed by atoms with van der Waals surface area (Å²) in [4.78, 5) is 26.5. The van der Waals surface area contributed by atoms with Gasteiger partial charge in [-0.15, -0.1) is 5.73 Å². The Bertz CT molecular complexity index is 979. The number of fused-ring (bicyclic) bond motifs is 1. The summed E-state index contributed by atoms with van der Waals surface area (Å²) in [5, 5.41) is -1.15. The van der Waals surface area contributed by atoms with Gasteiger partial charge in [-0.3, -0.25) is 4.79 Å². The van der Waals surface area contributed by atoms with Crippen molar-refractivity contribution in [2.45, 2.75) is 57.4 Å². The van der Waals surface area contributed by atoms with Crippen molar-refractivity contribution in [2.24, 2.45) is 5.41 Å². The van der Waals surface area contributed by atoms with Gasteiger partial charge in [-0.05, 0) is 30.9 Å². The van der Waals surface area contributed by atoms with Crippen molar-refractivity contribution in [3.05, 3.63) is 53.3 Å². The topological polar surface area (TPSA) is 80.8 Å². The largest absolute Gasteiger partial charge is 0.459 e. The number of hydrogen-bond acceptors (Lipinski definition) is 5. The molecule has 0 aromatic heterocycles. The number of β-lactam (4-membered cyclic amide) rings is 1. The third-order valence-electron chi connectivity index (χ3n) is 5.04. The van der Waals surface area contributed by atoms with Crippen LogP contribution < -0.4 is 0 Å². The minimum atomic E-state index is -3.81. The van der Waals surface area contributed by atoms with Gasteiger partial charge in [0.15, 0.2) is 21.3 Å². The number of nitrogens with zero attached hydrogens (tertiary/aromatic N) is 1. The summed E-state index contributed by atoms with van der Waals surface area (Å²) in [5.41, 5.74) is 3.48. The van der Waals surface area contributed by atoms with E-state index in [1.165, 1.54) is 13.8 Å². The third-order valence-corrected chi connectivity index (χ3v) is 7.78. The van der Waals surface area contributed by atoms with E-state index in [9.17, 15) is 18.0 Å². The molecule has 150 valence electrons. The van der Waals surface area contributed by atoms with Gasteiger partial charge in [0.25, 0.3) is 5.91 Å². The molecule has 0 saturated carbocycles. The highest BCUT2D eigenvalue weighted by atomic mass is 32.2. The Balaban J connectivity index is 1.91. The summed E-state index contributed by atoms with van der Waals surface area (Å²) in [6, 6.07) is 7.92. The number of sulfone groups is 1. The number of carbonyl (C=O) groups is 2. The zero-order chi connectivity index (χ0) is 20.9. The fourth-order valence-electron chi connectivity index (χ4n) is 3.39. The van der Waals surface area contributed by atoms with Crippen molar-refractivity contribution in [3.8, 4) is 0 Å². The van der Waals surface area contributed by atoms with Crippen LogP contribution in [0.3, 0.4) is 0 Å². The van der Waals surface area contributed by atoms with Gasteiger partial charge in [0.2, 0.25) is 0 Å². The molecule has 0 spiro atoms. The average molecular weight is 404 g/mol. The van der Waals surface area contributed by atoms with Crippen LogP contribution in [0.25, 0.3) is 0 Å². The summed E-state index contributed by atoms with van der Waals surface area (Å²) >= 11 is 0. The molecule has 0 radical (unpaired) electrons. The van der Waals surface area contributed by atoms with Crippen molar-refractivity contribution in [1.29, 1.82) is 0 Å². The highest BCUT2D eigenvalue weighted by Crippen LogP contribution is 2.48. The molecule has 1 amide bonds. The molecule has 2 aliphatic rings. The first-order chi connectivity index (χ1) is 12.9. The Morgan fingerprint density at radius 3 is 2.43 bits per heavy atom. The smallest absolute Gasteiger partial charge is 0.330 e. The van der Waals surface area contributed by atoms with Crippen LogP contribution >= 0.6 is 0 Å². The number of amides is 1. The second-order valence-corrected chi connectivity index (χ2v) is 11.4. The summed E-state index contributed by atoms with van der Waals surface area (Å²) in [7, 11) is -3.81. The molecule has 2 fully saturated rings. The van der Waals surface area contributed by atoms with Gasteiger partial charge in [0.05, 0.1) is 5.57 Å². The molecule has 6 nitrogen and oxygen atoms in total. The van der Waals surface area contributed by atoms with Crippen LogP contribution in [0.1, 0.15) is 40.2 Å². The van der Waals surface area contributed by atoms with E-state index in [0.717, 1.165) is 10.5 Å². The summed E-state index contributed by atoms with van der Waals surface area (Å²) in [6.07, 6.45) is 1.68. The van der Waals surface area contributed by atoms with E-state index in [2.05, 4.69) is 5.73 Å². The van der Waals surface area contributed by atoms with Gasteiger partial charge in [-0.1, -0.05) is 51.1 Å². The molecule has 2 aliphatic heterocycles. The normalized spacial score (nSPS) is 24.8. The Morgan fingerprint density at radius 2 is 1.86 bits per heavy atom. The summed E-state index contributed by atoms with van der Waals surface area (Å²) in [6.45, 7) is 8.74. The van der Waals surface area contributed by atoms with Crippen LogP contribution in [0.5, 0.6) is 0 Å². The lowest BCUT2D eigenvalue weighted by Crippen LogP contribution is -2.59. The highest BCUT2D eigenvalue weighted by Gasteiger charge is 2.70. The van der Waals surface area contributed by atoms with Gasteiger partial charge in [-0.25, -0.2) is 13.2 Å². The molecule has 2 atom stereocenters. The molecule has 2 saturated heterocycles. The number of esters is 1. The lowest BCUT2D eigenvalue weighted by molar-refractivity contribution is -0.158. The van der Waals surface area contributed by atoms with Crippen LogP contribution in [0, 0.1) is 5.41 Å². The molecule has 0 unspecified atom stereocenters. The minimum absolute atomic E-state index is 0.0195. The fraction of sp³-hybridized carbons (Fsp3) is 0.476. The molecule has 0 bridgehead atoms. The van der Waals surface area contributed by atoms with E-state index in [0.29, 0.717) is 0 Å². The molecule has 7 heteroatoms. The van der Waals surface area contributed by atoms with Crippen molar-refractivity contribution >= 4 is 21.7 Å². The van der Waals surface area contributed by atoms with Crippen LogP contribution in [0.15, 0.2) is 47.7 Å². The molecule has 28 heavy (non-hydrogen) atoms. The van der Waals surface area contributed by atoms with E-state index >= 15 is 0 Å². The second kappa shape index (κ2) is 6.61. The molecule has 1 aromatic carbocycles. The van der Waals surface area contributed by atoms with Crippen molar-refractivity contribution in [1.82, 2.24) is 4.90 Å². The van der Waals surface area contributed by atoms with E-state index in [-0.39, 0.29) is 17.6 Å². The Hall–Kier alpha value is -2.37. The van der Waals surface area contributed by atoms with Crippen molar-refractivity contribution < 1.29 is 22.7 Å². The lowest BCUT2D eigenvalue weighted by atomic mass is 9.93. The molecular weight excluding hydrogens is 378 g/mol. The molecule has 0 N–H and O–H groups in total. The molecule has 2 heterocycles. The zero-order valence-corrected chi connectivity index (χ0v) is 17.5. The lowest BCUT2D eigenvalue weighted by Gasteiger charge is -2.37. The van der Waals surface area contributed by atoms with Gasteiger partial charge < -0.3 is 9.64 Å². The van der Waals surface area contributed by atoms with Gasteiger partial charge in [-0.2, -0.15) is 0 Å². The quantitative estimate of drug-likeness (QED) is 0.335. The van der Waals surface area contributed by atoms with E-state index < -0.39 is 37.9 Å². The van der Waals surface area contributed by atoms with Gasteiger partial charge >= 0.3 is 5.97 Å². The summed E-state index contributed by atoms with van der Waals surface area (Å²) < 4.78 is 30.0. The average Bonchev–Trinajstić information content (AvgIpc) is 2.74. The van der Waals surface area contributed by atoms with Crippen molar-refractivity contribution in [2.75, 3.05) is 0 Å². The van der Waals surface area contributed by atoms with Crippen LogP contribution in [0.4, 0.5) is 0 Å². The maximum absolute atomic E-state index is 13.1. The number of hydrogen-bond donors (Lipinski definition) is 0. The van der Waals surface area contributed by atoms with Gasteiger partial charge in [0.1, 0.15) is 11.4 Å². The molecule has 3 rings (SSSR count). The maximum atomic E-state index is 13.1. The molecular formula is C21H25NO5S. The fourth-order valence-corrected chi connectivity index (χ4v) is 5.48. The first-order valence-electron chi connectivity index (χ1n) is 9.12. The Labute approximate surface area is 165 Å². The monoisotopic (exact) mass is 403 g/mol. The standard InChI is InChI=1S/C21H25NO5S/c1-20(2,3)12-11-15-17(23)22-16(21(4,5)28(25,26)18(15)22)19(24)27-13-14-9-7-6-8-10-14/h6-10,12,16,18H,13H2,1-5H3/t11?,16-,18+/m0/s1. The van der Waals surface area contributed by atoms with E-state index in [1.54, 1.807) is 18.2 Å². The second-order valence-electron chi connectivity index (χ2n) is 8.78. The predicted octanol–water partition coefficient (Wildman–Crippen LogP) is 2.60. The molecule has 1 aromatic rings. The first kappa shape index (κ1) is 20.4. The van der Waals surface area contributed by atoms with Crippen LogP contribution in [-0.4, -0.2) is 41.4 Å². The van der Waals surface area contributed by atoms with Crippen molar-refractivity contribution in [3.63, 3.8) is 0 Å².